The Bertz CT molecular complexity index is 943. The number of carbonyl (C=O) groups is 1. The number of nitrogens with zero attached hydrogens (tertiary/aromatic N) is 3. The molecule has 0 unspecified atom stereocenters. The second-order valence-corrected chi connectivity index (χ2v) is 6.85. The minimum absolute atomic E-state index is 0.268. The third kappa shape index (κ3) is 4.90. The summed E-state index contributed by atoms with van der Waals surface area (Å²) in [7, 11) is 0. The second-order valence-electron chi connectivity index (χ2n) is 6.85. The van der Waals surface area contributed by atoms with Crippen molar-refractivity contribution < 1.29 is 4.79 Å². The molecule has 0 fully saturated rings. The molecule has 0 bridgehead atoms. The van der Waals surface area contributed by atoms with Crippen molar-refractivity contribution >= 4 is 28.8 Å². The lowest BCUT2D eigenvalue weighted by Gasteiger charge is -2.21. The molecule has 0 aliphatic carbocycles. The van der Waals surface area contributed by atoms with Crippen molar-refractivity contribution in [2.75, 3.05) is 28.6 Å². The highest BCUT2D eigenvalue weighted by atomic mass is 16.1. The van der Waals surface area contributed by atoms with Gasteiger partial charge in [0.05, 0.1) is 12.4 Å². The maximum absolute atomic E-state index is 12.5. The van der Waals surface area contributed by atoms with E-state index in [4.69, 9.17) is 0 Å². The van der Waals surface area contributed by atoms with E-state index in [0.29, 0.717) is 5.82 Å². The molecule has 0 radical (unpaired) electrons. The quantitative estimate of drug-likeness (QED) is 0.599. The number of aryl methyl sites for hydroxylation is 2. The zero-order valence-corrected chi connectivity index (χ0v) is 17.4. The smallest absolute Gasteiger partial charge is 0.275 e. The highest BCUT2D eigenvalue weighted by Gasteiger charge is 2.10. The predicted molar refractivity (Wildman–Crippen MR) is 119 cm³/mol. The van der Waals surface area contributed by atoms with Gasteiger partial charge in [-0.25, -0.2) is 9.97 Å². The number of anilines is 4. The molecular weight excluding hydrogens is 362 g/mol. The van der Waals surface area contributed by atoms with E-state index in [9.17, 15) is 4.79 Å². The topological polar surface area (TPSA) is 70.2 Å². The van der Waals surface area contributed by atoms with E-state index < -0.39 is 0 Å². The molecule has 0 saturated heterocycles. The van der Waals surface area contributed by atoms with Crippen LogP contribution in [0.1, 0.15) is 35.5 Å². The Labute approximate surface area is 172 Å². The summed E-state index contributed by atoms with van der Waals surface area (Å²) >= 11 is 0. The first kappa shape index (κ1) is 20.3. The van der Waals surface area contributed by atoms with Crippen molar-refractivity contribution in [2.45, 2.75) is 27.7 Å². The van der Waals surface area contributed by atoms with E-state index in [0.717, 1.165) is 41.3 Å². The number of rotatable bonds is 7. The first-order chi connectivity index (χ1) is 14.0. The normalized spacial score (nSPS) is 10.5. The van der Waals surface area contributed by atoms with Gasteiger partial charge in [-0.05, 0) is 63.1 Å². The van der Waals surface area contributed by atoms with Crippen LogP contribution in [0.25, 0.3) is 0 Å². The largest absolute Gasteiger partial charge is 0.372 e. The van der Waals surface area contributed by atoms with Crippen LogP contribution in [0.5, 0.6) is 0 Å². The summed E-state index contributed by atoms with van der Waals surface area (Å²) in [5, 5.41) is 6.14. The van der Waals surface area contributed by atoms with Crippen molar-refractivity contribution in [3.63, 3.8) is 0 Å². The first-order valence-electron chi connectivity index (χ1n) is 9.83. The number of para-hydroxylation sites is 1. The maximum atomic E-state index is 12.5. The molecule has 0 atom stereocenters. The van der Waals surface area contributed by atoms with E-state index in [2.05, 4.69) is 39.3 Å². The van der Waals surface area contributed by atoms with Gasteiger partial charge in [0.25, 0.3) is 5.91 Å². The van der Waals surface area contributed by atoms with Crippen LogP contribution in [0.4, 0.5) is 22.9 Å². The number of amides is 1. The van der Waals surface area contributed by atoms with Gasteiger partial charge in [0.15, 0.2) is 0 Å². The number of nitrogens with one attached hydrogen (secondary N) is 2. The average Bonchev–Trinajstić information content (AvgIpc) is 2.73. The van der Waals surface area contributed by atoms with E-state index in [1.54, 1.807) is 6.20 Å². The highest BCUT2D eigenvalue weighted by Crippen LogP contribution is 2.23. The van der Waals surface area contributed by atoms with Crippen LogP contribution < -0.4 is 15.5 Å². The van der Waals surface area contributed by atoms with Crippen LogP contribution in [0.15, 0.2) is 54.9 Å². The molecule has 0 aliphatic rings. The van der Waals surface area contributed by atoms with Gasteiger partial charge in [-0.1, -0.05) is 18.2 Å². The average molecular weight is 390 g/mol. The summed E-state index contributed by atoms with van der Waals surface area (Å²) in [6, 6.07) is 13.9. The van der Waals surface area contributed by atoms with E-state index in [1.807, 2.05) is 56.3 Å². The molecule has 0 aliphatic heterocycles. The lowest BCUT2D eigenvalue weighted by atomic mass is 10.1. The van der Waals surface area contributed by atoms with Crippen LogP contribution >= 0.6 is 0 Å². The van der Waals surface area contributed by atoms with Gasteiger partial charge in [-0.3, -0.25) is 4.79 Å². The van der Waals surface area contributed by atoms with Gasteiger partial charge in [0.1, 0.15) is 11.5 Å². The summed E-state index contributed by atoms with van der Waals surface area (Å²) in [5.74, 6) is 0.314. The molecule has 1 aromatic heterocycles. The van der Waals surface area contributed by atoms with Crippen LogP contribution in [-0.4, -0.2) is 29.0 Å². The fraction of sp³-hybridized carbons (Fsp3) is 0.261. The SMILES string of the molecule is CCN(CC)c1ccc(NC(=O)c2cnc(Nc3c(C)cccc3C)cn2)cc1. The van der Waals surface area contributed by atoms with Gasteiger partial charge in [0, 0.05) is 30.2 Å². The van der Waals surface area contributed by atoms with Crippen molar-refractivity contribution in [3.05, 3.63) is 71.7 Å². The van der Waals surface area contributed by atoms with Gasteiger partial charge >= 0.3 is 0 Å². The Morgan fingerprint density at radius 2 is 1.59 bits per heavy atom. The van der Waals surface area contributed by atoms with Crippen molar-refractivity contribution in [1.29, 1.82) is 0 Å². The molecule has 0 saturated carbocycles. The Hall–Kier alpha value is -3.41. The predicted octanol–water partition coefficient (Wildman–Crippen LogP) is 4.94. The highest BCUT2D eigenvalue weighted by molar-refractivity contribution is 6.02. The van der Waals surface area contributed by atoms with Gasteiger partial charge in [-0.15, -0.1) is 0 Å². The Balaban J connectivity index is 1.66. The molecule has 1 amide bonds. The Morgan fingerprint density at radius 1 is 0.931 bits per heavy atom. The molecular formula is C23H27N5O. The van der Waals surface area contributed by atoms with E-state index in [-0.39, 0.29) is 11.6 Å². The number of aromatic nitrogens is 2. The lowest BCUT2D eigenvalue weighted by Crippen LogP contribution is -2.21. The molecule has 1 heterocycles. The summed E-state index contributed by atoms with van der Waals surface area (Å²) in [5.41, 5.74) is 5.39. The lowest BCUT2D eigenvalue weighted by molar-refractivity contribution is 0.102. The van der Waals surface area contributed by atoms with E-state index in [1.165, 1.54) is 6.20 Å². The molecule has 0 spiro atoms. The summed E-state index contributed by atoms with van der Waals surface area (Å²) in [6.07, 6.45) is 3.06. The molecule has 3 rings (SSSR count). The fourth-order valence-corrected chi connectivity index (χ4v) is 3.19. The van der Waals surface area contributed by atoms with Gasteiger partial charge < -0.3 is 15.5 Å². The zero-order chi connectivity index (χ0) is 20.8. The van der Waals surface area contributed by atoms with E-state index >= 15 is 0 Å². The molecule has 3 aromatic rings. The van der Waals surface area contributed by atoms with Gasteiger partial charge in [-0.2, -0.15) is 0 Å². The number of carbonyl (C=O) groups excluding carboxylic acids is 1. The van der Waals surface area contributed by atoms with Crippen LogP contribution in [0.3, 0.4) is 0 Å². The van der Waals surface area contributed by atoms with Crippen molar-refractivity contribution in [3.8, 4) is 0 Å². The zero-order valence-electron chi connectivity index (χ0n) is 17.4. The van der Waals surface area contributed by atoms with Crippen LogP contribution in [0.2, 0.25) is 0 Å². The molecule has 6 heteroatoms. The van der Waals surface area contributed by atoms with Crippen LogP contribution in [-0.2, 0) is 0 Å². The second kappa shape index (κ2) is 9.19. The molecule has 150 valence electrons. The molecule has 29 heavy (non-hydrogen) atoms. The molecule has 2 N–H and O–H groups in total. The Kier molecular flexibility index (Phi) is 6.44. The number of hydrogen-bond donors (Lipinski definition) is 2. The summed E-state index contributed by atoms with van der Waals surface area (Å²) < 4.78 is 0. The number of benzene rings is 2. The minimum atomic E-state index is -0.285. The summed E-state index contributed by atoms with van der Waals surface area (Å²) in [4.78, 5) is 23.3. The van der Waals surface area contributed by atoms with Crippen molar-refractivity contribution in [1.82, 2.24) is 9.97 Å². The third-order valence-electron chi connectivity index (χ3n) is 4.87. The monoisotopic (exact) mass is 389 g/mol. The summed E-state index contributed by atoms with van der Waals surface area (Å²) in [6.45, 7) is 10.2. The maximum Gasteiger partial charge on any atom is 0.275 e. The molecule has 6 nitrogen and oxygen atoms in total. The third-order valence-corrected chi connectivity index (χ3v) is 4.87. The van der Waals surface area contributed by atoms with Gasteiger partial charge in [0.2, 0.25) is 0 Å². The molecule has 2 aromatic carbocycles. The van der Waals surface area contributed by atoms with Crippen molar-refractivity contribution in [2.24, 2.45) is 0 Å². The minimum Gasteiger partial charge on any atom is -0.372 e. The Morgan fingerprint density at radius 3 is 2.14 bits per heavy atom. The first-order valence-corrected chi connectivity index (χ1v) is 9.83. The number of hydrogen-bond acceptors (Lipinski definition) is 5. The standard InChI is InChI=1S/C23H27N5O/c1-5-28(6-2)19-12-10-18(11-13-19)26-23(29)20-14-25-21(15-24-20)27-22-16(3)8-7-9-17(22)4/h7-15H,5-6H2,1-4H3,(H,25,27)(H,26,29). The fourth-order valence-electron chi connectivity index (χ4n) is 3.19. The van der Waals surface area contributed by atoms with Crippen LogP contribution in [0, 0.1) is 13.8 Å².